The molecule has 6 nitrogen and oxygen atoms in total. The van der Waals surface area contributed by atoms with Gasteiger partial charge in [-0.15, -0.1) is 0 Å². The number of hydrogen-bond acceptors (Lipinski definition) is 4. The number of nitrogens with one attached hydrogen (secondary N) is 1. The van der Waals surface area contributed by atoms with Crippen molar-refractivity contribution in [2.24, 2.45) is 11.1 Å². The number of nitrogens with zero attached hydrogens (tertiary/aromatic N) is 1. The Labute approximate surface area is 99.4 Å². The van der Waals surface area contributed by atoms with Gasteiger partial charge in [0.15, 0.2) is 5.82 Å². The second-order valence-electron chi connectivity index (χ2n) is 4.41. The Bertz CT molecular complexity index is 443. The molecule has 0 saturated heterocycles. The number of anilines is 2. The van der Waals surface area contributed by atoms with Gasteiger partial charge in [0.05, 0.1) is 11.1 Å². The van der Waals surface area contributed by atoms with Gasteiger partial charge in [-0.05, 0) is 12.1 Å². The van der Waals surface area contributed by atoms with Crippen LogP contribution in [0.1, 0.15) is 20.3 Å². The predicted octanol–water partition coefficient (Wildman–Crippen LogP) is 0.504. The molecule has 0 radical (unpaired) electrons. The lowest BCUT2D eigenvalue weighted by Gasteiger charge is -2.19. The maximum Gasteiger partial charge on any atom is 0.226 e. The van der Waals surface area contributed by atoms with Crippen LogP contribution in [0, 0.1) is 5.41 Å². The summed E-state index contributed by atoms with van der Waals surface area (Å²) in [5, 5.41) is 2.54. The third kappa shape index (κ3) is 3.44. The monoisotopic (exact) mass is 236 g/mol. The number of primary amides is 1. The lowest BCUT2D eigenvalue weighted by Crippen LogP contribution is -2.35. The van der Waals surface area contributed by atoms with Crippen LogP contribution in [0.15, 0.2) is 18.3 Å². The molecule has 0 spiro atoms. The molecule has 92 valence electrons. The Kier molecular flexibility index (Phi) is 3.67. The Morgan fingerprint density at radius 3 is 2.65 bits per heavy atom. The van der Waals surface area contributed by atoms with Crippen LogP contribution in [-0.4, -0.2) is 16.8 Å². The number of pyridine rings is 1. The summed E-state index contributed by atoms with van der Waals surface area (Å²) in [5.74, 6) is -0.585. The topological polar surface area (TPSA) is 111 Å². The summed E-state index contributed by atoms with van der Waals surface area (Å²) >= 11 is 0. The smallest absolute Gasteiger partial charge is 0.226 e. The second kappa shape index (κ2) is 4.82. The number of nitrogen functional groups attached to an aromatic ring is 1. The molecule has 0 unspecified atom stereocenters. The van der Waals surface area contributed by atoms with Crippen molar-refractivity contribution in [2.45, 2.75) is 20.3 Å². The van der Waals surface area contributed by atoms with Crippen molar-refractivity contribution in [2.75, 3.05) is 11.1 Å². The zero-order chi connectivity index (χ0) is 13.1. The Morgan fingerprint density at radius 1 is 1.47 bits per heavy atom. The van der Waals surface area contributed by atoms with Crippen LogP contribution in [0.25, 0.3) is 0 Å². The molecule has 0 bridgehead atoms. The molecule has 0 saturated carbocycles. The number of carbonyl (C=O) groups is 2. The van der Waals surface area contributed by atoms with Crippen LogP contribution in [0.4, 0.5) is 11.5 Å². The maximum absolute atomic E-state index is 11.7. The summed E-state index contributed by atoms with van der Waals surface area (Å²) in [5.41, 5.74) is 10.3. The SMILES string of the molecule is CC(C)(CC(=O)Nc1ncccc1N)C(N)=O. The minimum atomic E-state index is -0.895. The average Bonchev–Trinajstić information content (AvgIpc) is 2.20. The number of nitrogens with two attached hydrogens (primary N) is 2. The predicted molar refractivity (Wildman–Crippen MR) is 64.9 cm³/mol. The van der Waals surface area contributed by atoms with Crippen molar-refractivity contribution in [3.8, 4) is 0 Å². The average molecular weight is 236 g/mol. The van der Waals surface area contributed by atoms with E-state index in [1.54, 1.807) is 26.0 Å². The van der Waals surface area contributed by atoms with Crippen molar-refractivity contribution < 1.29 is 9.59 Å². The van der Waals surface area contributed by atoms with Crippen molar-refractivity contribution in [3.63, 3.8) is 0 Å². The quantitative estimate of drug-likeness (QED) is 0.706. The molecule has 1 aromatic rings. The van der Waals surface area contributed by atoms with Crippen LogP contribution in [0.3, 0.4) is 0 Å². The van der Waals surface area contributed by atoms with E-state index in [1.165, 1.54) is 6.20 Å². The molecule has 5 N–H and O–H groups in total. The zero-order valence-electron chi connectivity index (χ0n) is 9.86. The third-order valence-corrected chi connectivity index (χ3v) is 2.37. The van der Waals surface area contributed by atoms with Gasteiger partial charge in [-0.1, -0.05) is 13.8 Å². The van der Waals surface area contributed by atoms with Crippen molar-refractivity contribution in [1.82, 2.24) is 4.98 Å². The van der Waals surface area contributed by atoms with Gasteiger partial charge in [-0.2, -0.15) is 0 Å². The Hall–Kier alpha value is -2.11. The minimum Gasteiger partial charge on any atom is -0.396 e. The number of amides is 2. The van der Waals surface area contributed by atoms with Crippen LogP contribution < -0.4 is 16.8 Å². The summed E-state index contributed by atoms with van der Waals surface area (Å²) < 4.78 is 0. The first-order chi connectivity index (χ1) is 7.83. The lowest BCUT2D eigenvalue weighted by atomic mass is 9.88. The van der Waals surface area contributed by atoms with E-state index in [-0.39, 0.29) is 18.1 Å². The van der Waals surface area contributed by atoms with Gasteiger partial charge in [0.2, 0.25) is 11.8 Å². The molecule has 1 rings (SSSR count). The summed E-state index contributed by atoms with van der Waals surface area (Å²) in [4.78, 5) is 26.7. The van der Waals surface area contributed by atoms with Gasteiger partial charge in [0, 0.05) is 12.6 Å². The van der Waals surface area contributed by atoms with E-state index in [4.69, 9.17) is 11.5 Å². The van der Waals surface area contributed by atoms with Gasteiger partial charge in [0.25, 0.3) is 0 Å². The standard InChI is InChI=1S/C11H16N4O2/c1-11(2,10(13)17)6-8(16)15-9-7(12)4-3-5-14-9/h3-5H,6,12H2,1-2H3,(H2,13,17)(H,14,15,16). The van der Waals surface area contributed by atoms with Crippen molar-refractivity contribution >= 4 is 23.3 Å². The molecule has 1 heterocycles. The molecule has 2 amide bonds. The van der Waals surface area contributed by atoms with Crippen molar-refractivity contribution in [3.05, 3.63) is 18.3 Å². The van der Waals surface area contributed by atoms with Gasteiger partial charge in [-0.25, -0.2) is 4.98 Å². The largest absolute Gasteiger partial charge is 0.396 e. The van der Waals surface area contributed by atoms with E-state index in [0.29, 0.717) is 5.69 Å². The van der Waals surface area contributed by atoms with E-state index >= 15 is 0 Å². The molecule has 0 aromatic carbocycles. The molecule has 17 heavy (non-hydrogen) atoms. The highest BCUT2D eigenvalue weighted by atomic mass is 16.2. The molecule has 0 fully saturated rings. The number of aromatic nitrogens is 1. The van der Waals surface area contributed by atoms with Gasteiger partial charge in [-0.3, -0.25) is 9.59 Å². The van der Waals surface area contributed by atoms with Crippen LogP contribution in [-0.2, 0) is 9.59 Å². The summed E-state index contributed by atoms with van der Waals surface area (Å²) in [7, 11) is 0. The normalized spacial score (nSPS) is 10.9. The highest BCUT2D eigenvalue weighted by Gasteiger charge is 2.28. The first-order valence-electron chi connectivity index (χ1n) is 5.13. The molecular weight excluding hydrogens is 220 g/mol. The first kappa shape index (κ1) is 13.0. The fourth-order valence-electron chi connectivity index (χ4n) is 1.19. The van der Waals surface area contributed by atoms with Crippen LogP contribution in [0.2, 0.25) is 0 Å². The molecule has 0 aliphatic heterocycles. The number of carbonyl (C=O) groups excluding carboxylic acids is 2. The fraction of sp³-hybridized carbons (Fsp3) is 0.364. The summed E-state index contributed by atoms with van der Waals surface area (Å²) in [6, 6.07) is 3.29. The minimum absolute atomic E-state index is 0.0155. The molecule has 0 aliphatic rings. The molecule has 1 aromatic heterocycles. The second-order valence-corrected chi connectivity index (χ2v) is 4.41. The lowest BCUT2D eigenvalue weighted by molar-refractivity contribution is -0.130. The summed E-state index contributed by atoms with van der Waals surface area (Å²) in [6.07, 6.45) is 1.50. The van der Waals surface area contributed by atoms with E-state index in [1.807, 2.05) is 0 Å². The molecule has 0 atom stereocenters. The number of hydrogen-bond donors (Lipinski definition) is 3. The fourth-order valence-corrected chi connectivity index (χ4v) is 1.19. The first-order valence-corrected chi connectivity index (χ1v) is 5.13. The molecule has 0 aliphatic carbocycles. The maximum atomic E-state index is 11.7. The third-order valence-electron chi connectivity index (χ3n) is 2.37. The van der Waals surface area contributed by atoms with Gasteiger partial charge >= 0.3 is 0 Å². The van der Waals surface area contributed by atoms with Gasteiger partial charge in [0.1, 0.15) is 0 Å². The highest BCUT2D eigenvalue weighted by molar-refractivity contribution is 5.96. The van der Waals surface area contributed by atoms with E-state index < -0.39 is 11.3 Å². The number of rotatable bonds is 4. The van der Waals surface area contributed by atoms with Crippen LogP contribution in [0.5, 0.6) is 0 Å². The highest BCUT2D eigenvalue weighted by Crippen LogP contribution is 2.21. The Balaban J connectivity index is 2.69. The Morgan fingerprint density at radius 2 is 2.12 bits per heavy atom. The zero-order valence-corrected chi connectivity index (χ0v) is 9.86. The molecular formula is C11H16N4O2. The van der Waals surface area contributed by atoms with Gasteiger partial charge < -0.3 is 16.8 Å². The van der Waals surface area contributed by atoms with Crippen molar-refractivity contribution in [1.29, 1.82) is 0 Å². The van der Waals surface area contributed by atoms with E-state index in [9.17, 15) is 9.59 Å². The summed E-state index contributed by atoms with van der Waals surface area (Å²) in [6.45, 7) is 3.22. The molecule has 6 heteroatoms. The van der Waals surface area contributed by atoms with E-state index in [0.717, 1.165) is 0 Å². The van der Waals surface area contributed by atoms with Crippen LogP contribution >= 0.6 is 0 Å². The van der Waals surface area contributed by atoms with E-state index in [2.05, 4.69) is 10.3 Å².